The van der Waals surface area contributed by atoms with Crippen molar-refractivity contribution in [2.45, 2.75) is 164 Å². The molecule has 0 spiro atoms. The number of piperidine rings is 1. The van der Waals surface area contributed by atoms with Crippen molar-refractivity contribution >= 4 is 17.8 Å². The van der Waals surface area contributed by atoms with E-state index in [0.29, 0.717) is 67.3 Å². The zero-order valence-corrected chi connectivity index (χ0v) is 36.6. The van der Waals surface area contributed by atoms with Crippen molar-refractivity contribution in [1.29, 1.82) is 0 Å². The van der Waals surface area contributed by atoms with E-state index < -0.39 is 11.4 Å². The highest BCUT2D eigenvalue weighted by Crippen LogP contribution is 2.79. The number of fused-ring (bicyclic) bond motifs is 7. The second kappa shape index (κ2) is 15.1. The molecule has 1 N–H and O–H groups in total. The Morgan fingerprint density at radius 3 is 2.07 bits per heavy atom. The molecule has 7 aliphatic rings. The van der Waals surface area contributed by atoms with Gasteiger partial charge in [0.2, 0.25) is 5.91 Å². The summed E-state index contributed by atoms with van der Waals surface area (Å²) >= 11 is 0. The quantitative estimate of drug-likeness (QED) is 0.146. The SMILES string of the molecule is COCCOCCOC1CCN(C(=O)[C@]23CC[C@@H](C4(C)CC4)[C@@H]2[C@H]2CC[C@@H]4[C@@]5(C)CC[C@H](OC(=O)CC(C)(C)C(=O)O)C(C)(C)[C@@H]5CC[C@@]4(C)[C@]2(C)CC3)CC1. The van der Waals surface area contributed by atoms with Gasteiger partial charge in [0.15, 0.2) is 0 Å². The van der Waals surface area contributed by atoms with Crippen molar-refractivity contribution < 1.29 is 38.4 Å². The molecule has 0 unspecified atom stereocenters. The third-order valence-electron chi connectivity index (χ3n) is 18.9. The topological polar surface area (TPSA) is 112 Å². The van der Waals surface area contributed by atoms with Gasteiger partial charge in [0.05, 0.1) is 49.8 Å². The van der Waals surface area contributed by atoms with Gasteiger partial charge in [-0.25, -0.2) is 0 Å². The van der Waals surface area contributed by atoms with Gasteiger partial charge in [-0.3, -0.25) is 14.4 Å². The lowest BCUT2D eigenvalue weighted by atomic mass is 9.32. The molecule has 0 aromatic heterocycles. The smallest absolute Gasteiger partial charge is 0.309 e. The molecule has 0 aromatic carbocycles. The first-order valence-electron chi connectivity index (χ1n) is 22.7. The van der Waals surface area contributed by atoms with Crippen LogP contribution < -0.4 is 0 Å². The predicted molar refractivity (Wildman–Crippen MR) is 216 cm³/mol. The van der Waals surface area contributed by atoms with E-state index >= 15 is 4.79 Å². The largest absolute Gasteiger partial charge is 0.481 e. The molecule has 0 aromatic rings. The molecule has 9 heteroatoms. The minimum atomic E-state index is -1.14. The third kappa shape index (κ3) is 6.89. The van der Waals surface area contributed by atoms with Gasteiger partial charge in [0.1, 0.15) is 6.10 Å². The first kappa shape index (κ1) is 42.4. The van der Waals surface area contributed by atoms with Crippen LogP contribution in [-0.2, 0) is 33.3 Å². The number of esters is 1. The van der Waals surface area contributed by atoms with E-state index in [4.69, 9.17) is 18.9 Å². The second-order valence-corrected chi connectivity index (χ2v) is 22.3. The lowest BCUT2D eigenvalue weighted by Crippen LogP contribution is -2.67. The fourth-order valence-electron chi connectivity index (χ4n) is 15.2. The maximum Gasteiger partial charge on any atom is 0.309 e. The summed E-state index contributed by atoms with van der Waals surface area (Å²) in [6, 6.07) is 0. The summed E-state index contributed by atoms with van der Waals surface area (Å²) in [5, 5.41) is 9.65. The monoisotopic (exact) mass is 784 g/mol. The third-order valence-corrected chi connectivity index (χ3v) is 18.9. The Morgan fingerprint density at radius 1 is 0.714 bits per heavy atom. The van der Waals surface area contributed by atoms with Crippen molar-refractivity contribution in [2.75, 3.05) is 46.6 Å². The van der Waals surface area contributed by atoms with Gasteiger partial charge in [0, 0.05) is 25.6 Å². The molecule has 0 radical (unpaired) electrons. The summed E-state index contributed by atoms with van der Waals surface area (Å²) in [4.78, 5) is 42.4. The minimum absolute atomic E-state index is 0.110. The number of rotatable bonds is 13. The minimum Gasteiger partial charge on any atom is -0.481 e. The molecule has 1 saturated heterocycles. The fourth-order valence-corrected chi connectivity index (χ4v) is 15.2. The number of methoxy groups -OCH3 is 1. The predicted octanol–water partition coefficient (Wildman–Crippen LogP) is 8.95. The number of carboxylic acids is 1. The van der Waals surface area contributed by atoms with Crippen LogP contribution in [-0.4, -0.2) is 86.7 Å². The van der Waals surface area contributed by atoms with E-state index in [1.54, 1.807) is 21.0 Å². The molecule has 0 bridgehead atoms. The Balaban J connectivity index is 1.08. The van der Waals surface area contributed by atoms with E-state index in [1.807, 2.05) is 0 Å². The Kier molecular flexibility index (Phi) is 11.4. The number of hydrogen-bond donors (Lipinski definition) is 1. The maximum absolute atomic E-state index is 15.2. The van der Waals surface area contributed by atoms with E-state index in [1.165, 1.54) is 38.5 Å². The molecular weight excluding hydrogens is 707 g/mol. The van der Waals surface area contributed by atoms with Gasteiger partial charge in [-0.1, -0.05) is 41.5 Å². The number of aliphatic carboxylic acids is 1. The molecular formula is C47H77NO8. The summed E-state index contributed by atoms with van der Waals surface area (Å²) in [7, 11) is 1.68. The van der Waals surface area contributed by atoms with Gasteiger partial charge in [-0.05, 0) is 155 Å². The average molecular weight is 784 g/mol. The first-order valence-corrected chi connectivity index (χ1v) is 22.7. The molecule has 9 nitrogen and oxygen atoms in total. The van der Waals surface area contributed by atoms with Crippen LogP contribution in [0.15, 0.2) is 0 Å². The Hall–Kier alpha value is -1.71. The number of ether oxygens (including phenoxy) is 4. The number of carbonyl (C=O) groups excluding carboxylic acids is 2. The zero-order valence-electron chi connectivity index (χ0n) is 36.6. The second-order valence-electron chi connectivity index (χ2n) is 22.3. The number of hydrogen-bond acceptors (Lipinski definition) is 7. The standard InChI is InChI=1S/C47H77NO8/c1-41(2,40(51)52)30-37(49)56-36-14-17-44(6)34(42(36,3)4)13-18-46(8)35(44)11-10-33-38-32(43(5)20-21-43)12-19-47(38,23-22-45(33,46)7)39(50)48-24-15-31(16-25-48)55-29-28-54-27-26-53-9/h31-36,38H,10-30H2,1-9H3,(H,51,52)/t32-,33-,34+,35-,36+,38-,44+,45-,46-,47+/m1/s1. The van der Waals surface area contributed by atoms with Crippen LogP contribution in [0.25, 0.3) is 0 Å². The highest BCUT2D eigenvalue weighted by Gasteiger charge is 2.73. The lowest BCUT2D eigenvalue weighted by Gasteiger charge is -2.73. The molecule has 7 fully saturated rings. The van der Waals surface area contributed by atoms with Crippen molar-refractivity contribution in [3.8, 4) is 0 Å². The van der Waals surface area contributed by atoms with Crippen LogP contribution in [0.4, 0.5) is 0 Å². The molecule has 10 atom stereocenters. The highest BCUT2D eigenvalue weighted by atomic mass is 16.5. The molecule has 6 saturated carbocycles. The first-order chi connectivity index (χ1) is 26.3. The van der Waals surface area contributed by atoms with Gasteiger partial charge in [0.25, 0.3) is 0 Å². The van der Waals surface area contributed by atoms with Crippen LogP contribution in [0.5, 0.6) is 0 Å². The molecule has 56 heavy (non-hydrogen) atoms. The van der Waals surface area contributed by atoms with Crippen LogP contribution in [0, 0.1) is 67.5 Å². The van der Waals surface area contributed by atoms with Crippen molar-refractivity contribution in [2.24, 2.45) is 67.5 Å². The Morgan fingerprint density at radius 2 is 1.41 bits per heavy atom. The molecule has 1 heterocycles. The zero-order chi connectivity index (χ0) is 40.5. The van der Waals surface area contributed by atoms with Crippen molar-refractivity contribution in [3.63, 3.8) is 0 Å². The van der Waals surface area contributed by atoms with Gasteiger partial charge in [-0.15, -0.1) is 0 Å². The Labute approximate surface area is 338 Å². The maximum atomic E-state index is 15.2. The van der Waals surface area contributed by atoms with Crippen molar-refractivity contribution in [1.82, 2.24) is 4.90 Å². The number of amides is 1. The normalized spacial score (nSPS) is 41.5. The average Bonchev–Trinajstić information content (AvgIpc) is 3.75. The van der Waals surface area contributed by atoms with Crippen LogP contribution >= 0.6 is 0 Å². The van der Waals surface area contributed by atoms with Crippen LogP contribution in [0.1, 0.15) is 152 Å². The highest BCUT2D eigenvalue weighted by molar-refractivity contribution is 5.84. The summed E-state index contributed by atoms with van der Waals surface area (Å²) in [6.07, 6.45) is 15.4. The van der Waals surface area contributed by atoms with Crippen LogP contribution in [0.2, 0.25) is 0 Å². The molecule has 1 aliphatic heterocycles. The fraction of sp³-hybridized carbons (Fsp3) is 0.936. The van der Waals surface area contributed by atoms with Gasteiger partial charge >= 0.3 is 11.9 Å². The molecule has 1 amide bonds. The summed E-state index contributed by atoms with van der Waals surface area (Å²) in [5.41, 5.74) is -0.690. The van der Waals surface area contributed by atoms with Crippen LogP contribution in [0.3, 0.4) is 0 Å². The van der Waals surface area contributed by atoms with Gasteiger partial charge < -0.3 is 29.0 Å². The van der Waals surface area contributed by atoms with E-state index in [-0.39, 0.29) is 51.7 Å². The number of nitrogens with zero attached hydrogens (tertiary/aromatic N) is 1. The summed E-state index contributed by atoms with van der Waals surface area (Å²) < 4.78 is 23.1. The number of carbonyl (C=O) groups is 3. The summed E-state index contributed by atoms with van der Waals surface area (Å²) in [6.45, 7) is 22.3. The molecule has 6 aliphatic carbocycles. The van der Waals surface area contributed by atoms with E-state index in [9.17, 15) is 14.7 Å². The Bertz CT molecular complexity index is 1480. The molecule has 7 rings (SSSR count). The summed E-state index contributed by atoms with van der Waals surface area (Å²) in [5.74, 6) is 1.79. The van der Waals surface area contributed by atoms with Crippen molar-refractivity contribution in [3.05, 3.63) is 0 Å². The van der Waals surface area contributed by atoms with E-state index in [0.717, 1.165) is 64.5 Å². The van der Waals surface area contributed by atoms with Gasteiger partial charge in [-0.2, -0.15) is 0 Å². The number of likely N-dealkylation sites (tertiary alicyclic amines) is 1. The lowest BCUT2D eigenvalue weighted by molar-refractivity contribution is -0.251. The van der Waals surface area contributed by atoms with E-state index in [2.05, 4.69) is 46.4 Å². The number of carboxylic acid groups (broad SMARTS) is 1. The molecule has 318 valence electrons.